The Morgan fingerprint density at radius 1 is 1.07 bits per heavy atom. The van der Waals surface area contributed by atoms with E-state index in [1.54, 1.807) is 17.0 Å². The molecule has 0 aliphatic carbocycles. The average molecular weight is 428 g/mol. The first-order chi connectivity index (χ1) is 12.5. The Morgan fingerprint density at radius 3 is 2.48 bits per heavy atom. The van der Waals surface area contributed by atoms with Crippen LogP contribution in [0.4, 0.5) is 5.69 Å². The van der Waals surface area contributed by atoms with E-state index in [-0.39, 0.29) is 18.3 Å². The summed E-state index contributed by atoms with van der Waals surface area (Å²) in [4.78, 5) is 16.8. The largest absolute Gasteiger partial charge is 0.371 e. The lowest BCUT2D eigenvalue weighted by molar-refractivity contribution is -0.129. The molecule has 1 heterocycles. The fourth-order valence-electron chi connectivity index (χ4n) is 3.36. The van der Waals surface area contributed by atoms with Gasteiger partial charge in [-0.15, -0.1) is 12.4 Å². The maximum Gasteiger partial charge on any atom is 0.226 e. The normalized spacial score (nSPS) is 13.4. The Morgan fingerprint density at radius 2 is 1.78 bits per heavy atom. The third-order valence-corrected chi connectivity index (χ3v) is 5.66. The summed E-state index contributed by atoms with van der Waals surface area (Å²) in [5, 5.41) is 0.994. The molecule has 0 bridgehead atoms. The predicted molar refractivity (Wildman–Crippen MR) is 117 cm³/mol. The van der Waals surface area contributed by atoms with Crippen LogP contribution in [0.1, 0.15) is 24.0 Å². The molecule has 6 heteroatoms. The summed E-state index contributed by atoms with van der Waals surface area (Å²) >= 11 is 12.0. The van der Waals surface area contributed by atoms with Crippen LogP contribution in [0.2, 0.25) is 10.0 Å². The van der Waals surface area contributed by atoms with Crippen molar-refractivity contribution in [3.05, 3.63) is 63.6 Å². The minimum absolute atomic E-state index is 0. The Kier molecular flexibility index (Phi) is 8.28. The van der Waals surface area contributed by atoms with Gasteiger partial charge in [0.1, 0.15) is 0 Å². The van der Waals surface area contributed by atoms with Crippen LogP contribution in [0.25, 0.3) is 0 Å². The molecule has 0 spiro atoms. The van der Waals surface area contributed by atoms with Gasteiger partial charge >= 0.3 is 0 Å². The lowest BCUT2D eigenvalue weighted by Gasteiger charge is -2.23. The van der Waals surface area contributed by atoms with Crippen LogP contribution >= 0.6 is 35.6 Å². The summed E-state index contributed by atoms with van der Waals surface area (Å²) < 4.78 is 0. The van der Waals surface area contributed by atoms with Gasteiger partial charge in [-0.1, -0.05) is 47.5 Å². The maximum absolute atomic E-state index is 12.5. The summed E-state index contributed by atoms with van der Waals surface area (Å²) in [6, 6.07) is 13.9. The van der Waals surface area contributed by atoms with E-state index in [0.717, 1.165) is 25.1 Å². The van der Waals surface area contributed by atoms with Gasteiger partial charge in [0.15, 0.2) is 0 Å². The van der Waals surface area contributed by atoms with Crippen molar-refractivity contribution in [2.24, 2.45) is 0 Å². The van der Waals surface area contributed by atoms with E-state index in [2.05, 4.69) is 29.2 Å². The zero-order valence-electron chi connectivity index (χ0n) is 15.5. The molecule has 27 heavy (non-hydrogen) atoms. The summed E-state index contributed by atoms with van der Waals surface area (Å²) in [7, 11) is 1.86. The summed E-state index contributed by atoms with van der Waals surface area (Å²) in [5.41, 5.74) is 3.51. The molecule has 146 valence electrons. The number of para-hydroxylation sites is 1. The number of rotatable bonds is 6. The van der Waals surface area contributed by atoms with Crippen LogP contribution in [0.15, 0.2) is 42.5 Å². The molecule has 1 fully saturated rings. The van der Waals surface area contributed by atoms with Gasteiger partial charge in [0.25, 0.3) is 0 Å². The Bertz CT molecular complexity index is 776. The molecule has 0 saturated carbocycles. The molecular weight excluding hydrogens is 403 g/mol. The quantitative estimate of drug-likeness (QED) is 0.628. The molecule has 1 amide bonds. The summed E-state index contributed by atoms with van der Waals surface area (Å²) in [6.45, 7) is 2.96. The molecule has 1 aliphatic rings. The minimum Gasteiger partial charge on any atom is -0.371 e. The lowest BCUT2D eigenvalue weighted by atomic mass is 10.1. The second kappa shape index (κ2) is 10.2. The molecule has 0 N–H and O–H groups in total. The van der Waals surface area contributed by atoms with Gasteiger partial charge in [-0.05, 0) is 48.6 Å². The highest BCUT2D eigenvalue weighted by Crippen LogP contribution is 2.25. The van der Waals surface area contributed by atoms with E-state index < -0.39 is 0 Å². The molecular formula is C21H25Cl3N2O. The van der Waals surface area contributed by atoms with Crippen molar-refractivity contribution in [2.45, 2.75) is 25.7 Å². The first kappa shape index (κ1) is 21.9. The smallest absolute Gasteiger partial charge is 0.226 e. The SMILES string of the molecule is CN(CCc1ccccc1N1CCCC1)C(=O)Cc1ccc(Cl)c(Cl)c1.Cl. The first-order valence-corrected chi connectivity index (χ1v) is 9.81. The second-order valence-electron chi connectivity index (χ2n) is 6.81. The number of carbonyl (C=O) groups excluding carboxylic acids is 1. The maximum atomic E-state index is 12.5. The molecule has 0 atom stereocenters. The van der Waals surface area contributed by atoms with E-state index in [9.17, 15) is 4.79 Å². The average Bonchev–Trinajstić information content (AvgIpc) is 3.17. The highest BCUT2D eigenvalue weighted by Gasteiger charge is 2.16. The fraction of sp³-hybridized carbons (Fsp3) is 0.381. The van der Waals surface area contributed by atoms with Crippen molar-refractivity contribution in [3.63, 3.8) is 0 Å². The standard InChI is InChI=1S/C21H24Cl2N2O.ClH/c1-24(21(26)15-16-8-9-18(22)19(23)14-16)13-10-17-6-2-3-7-20(17)25-11-4-5-12-25;/h2-3,6-9,14H,4-5,10-13,15H2,1H3;1H. The molecule has 0 unspecified atom stereocenters. The minimum atomic E-state index is 0. The summed E-state index contributed by atoms with van der Waals surface area (Å²) in [6.07, 6.45) is 3.71. The van der Waals surface area contributed by atoms with Gasteiger partial charge in [0.05, 0.1) is 16.5 Å². The molecule has 2 aromatic carbocycles. The van der Waals surface area contributed by atoms with E-state index in [1.807, 2.05) is 13.1 Å². The monoisotopic (exact) mass is 426 g/mol. The highest BCUT2D eigenvalue weighted by molar-refractivity contribution is 6.42. The third kappa shape index (κ3) is 5.78. The number of hydrogen-bond donors (Lipinski definition) is 0. The van der Waals surface area contributed by atoms with Crippen molar-refractivity contribution in [1.82, 2.24) is 4.90 Å². The van der Waals surface area contributed by atoms with Crippen LogP contribution in [0.5, 0.6) is 0 Å². The zero-order valence-corrected chi connectivity index (χ0v) is 17.8. The van der Waals surface area contributed by atoms with Crippen LogP contribution in [0, 0.1) is 0 Å². The highest BCUT2D eigenvalue weighted by atomic mass is 35.5. The Hall–Kier alpha value is -1.42. The number of nitrogens with zero attached hydrogens (tertiary/aromatic N) is 2. The van der Waals surface area contributed by atoms with Crippen molar-refractivity contribution in [2.75, 3.05) is 31.6 Å². The molecule has 2 aromatic rings. The van der Waals surface area contributed by atoms with Gasteiger partial charge in [0, 0.05) is 32.4 Å². The number of likely N-dealkylation sites (N-methyl/N-ethyl adjacent to an activating group) is 1. The fourth-order valence-corrected chi connectivity index (χ4v) is 3.68. The topological polar surface area (TPSA) is 23.6 Å². The van der Waals surface area contributed by atoms with Crippen LogP contribution in [0.3, 0.4) is 0 Å². The van der Waals surface area contributed by atoms with Gasteiger partial charge in [0.2, 0.25) is 5.91 Å². The van der Waals surface area contributed by atoms with Gasteiger partial charge in [-0.25, -0.2) is 0 Å². The first-order valence-electron chi connectivity index (χ1n) is 9.05. The van der Waals surface area contributed by atoms with E-state index in [0.29, 0.717) is 23.0 Å². The number of halogens is 3. The second-order valence-corrected chi connectivity index (χ2v) is 7.63. The number of amides is 1. The number of benzene rings is 2. The predicted octanol–water partition coefficient (Wildman–Crippen LogP) is 5.26. The van der Waals surface area contributed by atoms with Crippen LogP contribution < -0.4 is 4.90 Å². The number of anilines is 1. The van der Waals surface area contributed by atoms with Gasteiger partial charge in [-0.3, -0.25) is 4.79 Å². The molecule has 3 rings (SSSR count). The Balaban J connectivity index is 0.00000261. The summed E-state index contributed by atoms with van der Waals surface area (Å²) in [5.74, 6) is 0.0852. The molecule has 0 radical (unpaired) electrons. The van der Waals surface area contributed by atoms with Crippen molar-refractivity contribution >= 4 is 47.2 Å². The van der Waals surface area contributed by atoms with Gasteiger partial charge in [-0.2, -0.15) is 0 Å². The van der Waals surface area contributed by atoms with Crippen molar-refractivity contribution in [3.8, 4) is 0 Å². The number of hydrogen-bond acceptors (Lipinski definition) is 2. The molecule has 1 saturated heterocycles. The van der Waals surface area contributed by atoms with Crippen molar-refractivity contribution in [1.29, 1.82) is 0 Å². The molecule has 0 aromatic heterocycles. The van der Waals surface area contributed by atoms with E-state index >= 15 is 0 Å². The van der Waals surface area contributed by atoms with Crippen molar-refractivity contribution < 1.29 is 4.79 Å². The van der Waals surface area contributed by atoms with Crippen LogP contribution in [-0.4, -0.2) is 37.5 Å². The Labute approximate surface area is 177 Å². The lowest BCUT2D eigenvalue weighted by Crippen LogP contribution is -2.30. The van der Waals surface area contributed by atoms with Gasteiger partial charge < -0.3 is 9.80 Å². The number of carbonyl (C=O) groups is 1. The van der Waals surface area contributed by atoms with E-state index in [1.165, 1.54) is 24.1 Å². The van der Waals surface area contributed by atoms with E-state index in [4.69, 9.17) is 23.2 Å². The molecule has 1 aliphatic heterocycles. The van der Waals surface area contributed by atoms with Crippen LogP contribution in [-0.2, 0) is 17.6 Å². The molecule has 3 nitrogen and oxygen atoms in total. The zero-order chi connectivity index (χ0) is 18.5. The third-order valence-electron chi connectivity index (χ3n) is 4.92.